The predicted molar refractivity (Wildman–Crippen MR) is 125 cm³/mol. The molecule has 0 saturated heterocycles. The topological polar surface area (TPSA) is 43.4 Å². The molecule has 0 N–H and O–H groups in total. The Balaban J connectivity index is 1.48. The molecule has 1 fully saturated rings. The second-order valence-corrected chi connectivity index (χ2v) is 10.1. The van der Waals surface area contributed by atoms with Crippen molar-refractivity contribution in [1.82, 2.24) is 0 Å². The summed E-state index contributed by atoms with van der Waals surface area (Å²) in [4.78, 5) is 25.6. The number of benzene rings is 1. The molecule has 0 bridgehead atoms. The standard InChI is InChI=1S/C26H36O3S/c1-3-4-5-6-8-19-11-13-21(14-12-19)25-20(15-17-23(25)27)9-7-10-22-16-18-24(30-22)26(28)29-2/h11-14,16,20,24-25H,3-10,15,17-18H2,1-2H3/t20-,24?,25?/m0/s1. The van der Waals surface area contributed by atoms with E-state index >= 15 is 0 Å². The highest BCUT2D eigenvalue weighted by Gasteiger charge is 2.35. The number of hydrogen-bond donors (Lipinski definition) is 0. The maximum Gasteiger partial charge on any atom is 0.319 e. The molecular weight excluding hydrogens is 392 g/mol. The third-order valence-corrected chi connectivity index (χ3v) is 7.90. The van der Waals surface area contributed by atoms with Gasteiger partial charge in [0.2, 0.25) is 0 Å². The Morgan fingerprint density at radius 1 is 1.10 bits per heavy atom. The zero-order chi connectivity index (χ0) is 21.3. The third kappa shape index (κ3) is 6.23. The minimum atomic E-state index is -0.124. The van der Waals surface area contributed by atoms with Crippen molar-refractivity contribution in [3.63, 3.8) is 0 Å². The van der Waals surface area contributed by atoms with E-state index in [2.05, 4.69) is 37.3 Å². The average molecular weight is 429 g/mol. The molecule has 3 nitrogen and oxygen atoms in total. The van der Waals surface area contributed by atoms with Gasteiger partial charge in [0.25, 0.3) is 0 Å². The number of Topliss-reactive ketones (excluding diaryl/α,β-unsaturated/α-hetero) is 1. The van der Waals surface area contributed by atoms with E-state index < -0.39 is 0 Å². The molecular formula is C26H36O3S. The molecule has 30 heavy (non-hydrogen) atoms. The van der Waals surface area contributed by atoms with Gasteiger partial charge in [0, 0.05) is 12.3 Å². The molecule has 1 aromatic carbocycles. The summed E-state index contributed by atoms with van der Waals surface area (Å²) in [5.41, 5.74) is 2.60. The fourth-order valence-electron chi connectivity index (χ4n) is 4.82. The Hall–Kier alpha value is -1.55. The van der Waals surface area contributed by atoms with Crippen LogP contribution in [0.3, 0.4) is 0 Å². The highest BCUT2D eigenvalue weighted by atomic mass is 32.2. The van der Waals surface area contributed by atoms with E-state index in [0.29, 0.717) is 11.7 Å². The van der Waals surface area contributed by atoms with Crippen LogP contribution in [0, 0.1) is 5.92 Å². The molecule has 2 aliphatic rings. The highest BCUT2D eigenvalue weighted by Crippen LogP contribution is 2.42. The molecule has 0 aromatic heterocycles. The lowest BCUT2D eigenvalue weighted by Gasteiger charge is -2.19. The van der Waals surface area contributed by atoms with E-state index in [1.54, 1.807) is 11.8 Å². The largest absolute Gasteiger partial charge is 0.468 e. The quantitative estimate of drug-likeness (QED) is 0.294. The lowest BCUT2D eigenvalue weighted by molar-refractivity contribution is -0.139. The number of ketones is 1. The first-order chi connectivity index (χ1) is 14.6. The number of thioether (sulfide) groups is 1. The van der Waals surface area contributed by atoms with Gasteiger partial charge in [-0.25, -0.2) is 0 Å². The smallest absolute Gasteiger partial charge is 0.319 e. The molecule has 1 saturated carbocycles. The van der Waals surface area contributed by atoms with E-state index in [4.69, 9.17) is 4.74 Å². The van der Waals surface area contributed by atoms with Crippen LogP contribution in [0.2, 0.25) is 0 Å². The number of hydrogen-bond acceptors (Lipinski definition) is 4. The Morgan fingerprint density at radius 2 is 1.90 bits per heavy atom. The van der Waals surface area contributed by atoms with Crippen LogP contribution in [0.1, 0.15) is 88.2 Å². The van der Waals surface area contributed by atoms with Crippen LogP contribution in [0.4, 0.5) is 0 Å². The summed E-state index contributed by atoms with van der Waals surface area (Å²) in [7, 11) is 1.46. The van der Waals surface area contributed by atoms with E-state index in [9.17, 15) is 9.59 Å². The zero-order valence-corrected chi connectivity index (χ0v) is 19.3. The van der Waals surface area contributed by atoms with Gasteiger partial charge >= 0.3 is 5.97 Å². The Labute approximate surface area is 186 Å². The highest BCUT2D eigenvalue weighted by molar-refractivity contribution is 8.04. The molecule has 1 aliphatic heterocycles. The molecule has 3 rings (SSSR count). The zero-order valence-electron chi connectivity index (χ0n) is 18.5. The first-order valence-corrected chi connectivity index (χ1v) is 12.6. The summed E-state index contributed by atoms with van der Waals surface area (Å²) < 4.78 is 4.85. The van der Waals surface area contributed by atoms with Crippen molar-refractivity contribution in [1.29, 1.82) is 0 Å². The third-order valence-electron chi connectivity index (χ3n) is 6.55. The average Bonchev–Trinajstić information content (AvgIpc) is 3.38. The van der Waals surface area contributed by atoms with Crippen LogP contribution in [-0.2, 0) is 20.7 Å². The second-order valence-electron chi connectivity index (χ2n) is 8.72. The number of esters is 1. The summed E-state index contributed by atoms with van der Waals surface area (Å²) in [5.74, 6) is 0.820. The van der Waals surface area contributed by atoms with Crippen molar-refractivity contribution in [2.75, 3.05) is 7.11 Å². The van der Waals surface area contributed by atoms with Crippen molar-refractivity contribution < 1.29 is 14.3 Å². The number of carbonyl (C=O) groups excluding carboxylic acids is 2. The normalized spacial score (nSPS) is 23.6. The number of unbranched alkanes of at least 4 members (excludes halogenated alkanes) is 3. The molecule has 1 aromatic rings. The Kier molecular flexibility index (Phi) is 9.05. The molecule has 2 unspecified atom stereocenters. The summed E-state index contributed by atoms with van der Waals surface area (Å²) in [5, 5.41) is -0.0636. The van der Waals surface area contributed by atoms with Gasteiger partial charge in [0.05, 0.1) is 7.11 Å². The molecule has 1 aliphatic carbocycles. The number of aryl methyl sites for hydroxylation is 1. The van der Waals surface area contributed by atoms with E-state index in [-0.39, 0.29) is 17.1 Å². The lowest BCUT2D eigenvalue weighted by Crippen LogP contribution is -2.15. The van der Waals surface area contributed by atoms with Crippen molar-refractivity contribution in [3.8, 4) is 0 Å². The molecule has 1 heterocycles. The van der Waals surface area contributed by atoms with E-state index in [0.717, 1.165) is 44.9 Å². The predicted octanol–water partition coefficient (Wildman–Crippen LogP) is 6.60. The monoisotopic (exact) mass is 428 g/mol. The summed E-state index contributed by atoms with van der Waals surface area (Å²) in [6, 6.07) is 8.87. The van der Waals surface area contributed by atoms with Crippen LogP contribution in [0.15, 0.2) is 35.2 Å². The number of carbonyl (C=O) groups is 2. The van der Waals surface area contributed by atoms with Gasteiger partial charge in [0.15, 0.2) is 0 Å². The summed E-state index contributed by atoms with van der Waals surface area (Å²) >= 11 is 1.65. The van der Waals surface area contributed by atoms with Crippen molar-refractivity contribution in [2.24, 2.45) is 5.92 Å². The summed E-state index contributed by atoms with van der Waals surface area (Å²) in [6.45, 7) is 2.24. The number of rotatable bonds is 11. The van der Waals surface area contributed by atoms with Crippen molar-refractivity contribution in [2.45, 2.75) is 88.7 Å². The second kappa shape index (κ2) is 11.7. The molecule has 3 atom stereocenters. The van der Waals surface area contributed by atoms with Crippen molar-refractivity contribution >= 4 is 23.5 Å². The van der Waals surface area contributed by atoms with Gasteiger partial charge in [-0.3, -0.25) is 9.59 Å². The van der Waals surface area contributed by atoms with Crippen LogP contribution < -0.4 is 0 Å². The van der Waals surface area contributed by atoms with Gasteiger partial charge in [0.1, 0.15) is 11.0 Å². The Bertz CT molecular complexity index is 737. The molecule has 0 spiro atoms. The molecule has 164 valence electrons. The number of allylic oxidation sites excluding steroid dienone is 2. The minimum Gasteiger partial charge on any atom is -0.468 e. The van der Waals surface area contributed by atoms with Crippen LogP contribution >= 0.6 is 11.8 Å². The van der Waals surface area contributed by atoms with Crippen LogP contribution in [0.5, 0.6) is 0 Å². The maximum atomic E-state index is 12.6. The molecule has 0 radical (unpaired) electrons. The van der Waals surface area contributed by atoms with E-state index in [1.807, 2.05) is 0 Å². The van der Waals surface area contributed by atoms with Gasteiger partial charge in [-0.2, -0.15) is 0 Å². The van der Waals surface area contributed by atoms with Gasteiger partial charge in [-0.1, -0.05) is 56.5 Å². The number of ether oxygens (including phenoxy) is 1. The number of methoxy groups -OCH3 is 1. The Morgan fingerprint density at radius 3 is 2.63 bits per heavy atom. The van der Waals surface area contributed by atoms with Gasteiger partial charge in [-0.05, 0) is 66.9 Å². The van der Waals surface area contributed by atoms with Gasteiger partial charge < -0.3 is 4.74 Å². The first kappa shape index (κ1) is 23.1. The molecule has 4 heteroatoms. The first-order valence-electron chi connectivity index (χ1n) is 11.7. The lowest BCUT2D eigenvalue weighted by atomic mass is 9.84. The fourth-order valence-corrected chi connectivity index (χ4v) is 6.03. The fraction of sp³-hybridized carbons (Fsp3) is 0.615. The SMILES string of the molecule is CCCCCCc1ccc(C2C(=O)CC[C@@H]2CCCC2=CCC(C(=O)OC)S2)cc1. The molecule has 0 amide bonds. The van der Waals surface area contributed by atoms with Crippen LogP contribution in [-0.4, -0.2) is 24.1 Å². The van der Waals surface area contributed by atoms with Crippen LogP contribution in [0.25, 0.3) is 0 Å². The summed E-state index contributed by atoms with van der Waals surface area (Å²) in [6.07, 6.45) is 14.1. The minimum absolute atomic E-state index is 0.0636. The van der Waals surface area contributed by atoms with Gasteiger partial charge in [-0.15, -0.1) is 11.8 Å². The van der Waals surface area contributed by atoms with E-state index in [1.165, 1.54) is 48.8 Å². The van der Waals surface area contributed by atoms with Crippen molar-refractivity contribution in [3.05, 3.63) is 46.4 Å². The maximum absolute atomic E-state index is 12.6.